The van der Waals surface area contributed by atoms with Crippen molar-refractivity contribution in [1.29, 1.82) is 0 Å². The number of ether oxygens (including phenoxy) is 2. The van der Waals surface area contributed by atoms with E-state index in [1.165, 1.54) is 56.3 Å². The van der Waals surface area contributed by atoms with Gasteiger partial charge in [0.2, 0.25) is 5.91 Å². The van der Waals surface area contributed by atoms with Crippen LogP contribution < -0.4 is 25.4 Å². The minimum Gasteiger partial charge on any atom is -0.497 e. The number of methoxy groups -OCH3 is 2. The smallest absolute Gasteiger partial charge is 0.272 e. The number of amides is 3. The van der Waals surface area contributed by atoms with Crippen LogP contribution in [0.15, 0.2) is 108 Å². The summed E-state index contributed by atoms with van der Waals surface area (Å²) >= 11 is 1.27. The average Bonchev–Trinajstić information content (AvgIpc) is 3.04. The Kier molecular flexibility index (Phi) is 10.7. The number of carbonyl (C=O) groups excluding carboxylic acids is 3. The topological polar surface area (TPSA) is 149 Å². The lowest BCUT2D eigenvalue weighted by Crippen LogP contribution is -2.30. The van der Waals surface area contributed by atoms with E-state index in [4.69, 9.17) is 9.47 Å². The molecule has 0 atom stereocenters. The van der Waals surface area contributed by atoms with E-state index in [1.54, 1.807) is 72.8 Å². The third-order valence-corrected chi connectivity index (χ3v) is 7.03. The van der Waals surface area contributed by atoms with Crippen molar-refractivity contribution >= 4 is 52.6 Å². The number of carbonyl (C=O) groups is 3. The number of non-ortho nitro benzene ring substituents is 1. The van der Waals surface area contributed by atoms with E-state index < -0.39 is 16.7 Å². The highest BCUT2D eigenvalue weighted by Gasteiger charge is 2.16. The average molecular weight is 613 g/mol. The summed E-state index contributed by atoms with van der Waals surface area (Å²) in [5.74, 6) is -0.195. The Morgan fingerprint density at radius 1 is 0.818 bits per heavy atom. The number of rotatable bonds is 12. The molecule has 0 unspecified atom stereocenters. The molecule has 0 heterocycles. The Morgan fingerprint density at radius 2 is 1.50 bits per heavy atom. The fraction of sp³-hybridized carbons (Fsp3) is 0.0938. The van der Waals surface area contributed by atoms with E-state index in [0.717, 1.165) is 4.90 Å². The van der Waals surface area contributed by atoms with Crippen molar-refractivity contribution in [3.63, 3.8) is 0 Å². The van der Waals surface area contributed by atoms with Gasteiger partial charge < -0.3 is 25.4 Å². The summed E-state index contributed by atoms with van der Waals surface area (Å²) in [7, 11) is 3.04. The molecule has 0 saturated heterocycles. The SMILES string of the molecule is COc1cc(NC(=O)CSc2cccc(NC(=O)/C(=C\c3ccc([N+](=O)[O-])cc3)NC(=O)c3ccccc3)c2)cc(OC)c1. The third-order valence-electron chi connectivity index (χ3n) is 6.04. The molecule has 4 rings (SSSR count). The van der Waals surface area contributed by atoms with Crippen molar-refractivity contribution in [2.75, 3.05) is 30.6 Å². The van der Waals surface area contributed by atoms with Crippen LogP contribution in [0.3, 0.4) is 0 Å². The number of nitrogens with one attached hydrogen (secondary N) is 3. The fourth-order valence-corrected chi connectivity index (χ4v) is 4.64. The van der Waals surface area contributed by atoms with Gasteiger partial charge in [0.15, 0.2) is 0 Å². The van der Waals surface area contributed by atoms with Gasteiger partial charge in [-0.3, -0.25) is 24.5 Å². The monoisotopic (exact) mass is 612 g/mol. The van der Waals surface area contributed by atoms with Gasteiger partial charge in [-0.15, -0.1) is 11.8 Å². The second-order valence-electron chi connectivity index (χ2n) is 9.15. The Bertz CT molecular complexity index is 1670. The molecule has 4 aromatic carbocycles. The summed E-state index contributed by atoms with van der Waals surface area (Å²) in [6.07, 6.45) is 1.43. The highest BCUT2D eigenvalue weighted by Crippen LogP contribution is 2.27. The van der Waals surface area contributed by atoms with Crippen LogP contribution in [-0.2, 0) is 9.59 Å². The Balaban J connectivity index is 1.46. The summed E-state index contributed by atoms with van der Waals surface area (Å²) in [5, 5.41) is 19.2. The van der Waals surface area contributed by atoms with E-state index in [2.05, 4.69) is 16.0 Å². The second kappa shape index (κ2) is 15.0. The zero-order valence-corrected chi connectivity index (χ0v) is 24.6. The van der Waals surface area contributed by atoms with Gasteiger partial charge in [-0.05, 0) is 54.1 Å². The number of thioether (sulfide) groups is 1. The molecule has 0 aliphatic rings. The van der Waals surface area contributed by atoms with Gasteiger partial charge in [0.1, 0.15) is 17.2 Å². The van der Waals surface area contributed by atoms with Gasteiger partial charge in [-0.2, -0.15) is 0 Å². The summed E-state index contributed by atoms with van der Waals surface area (Å²) in [6.45, 7) is 0. The van der Waals surface area contributed by atoms with Gasteiger partial charge in [0.05, 0.1) is 24.9 Å². The van der Waals surface area contributed by atoms with Crippen molar-refractivity contribution < 1.29 is 28.8 Å². The maximum atomic E-state index is 13.4. The first-order valence-corrected chi connectivity index (χ1v) is 14.1. The Labute approximate surface area is 257 Å². The molecule has 4 aromatic rings. The number of hydrogen-bond donors (Lipinski definition) is 3. The lowest BCUT2D eigenvalue weighted by atomic mass is 10.1. The first-order valence-electron chi connectivity index (χ1n) is 13.1. The molecule has 3 amide bonds. The highest BCUT2D eigenvalue weighted by atomic mass is 32.2. The number of nitro groups is 1. The highest BCUT2D eigenvalue weighted by molar-refractivity contribution is 8.00. The standard InChI is InChI=1S/C32H28N4O7S/c1-42-26-16-24(17-27(19-26)43-2)33-30(37)20-44-28-10-6-9-23(18-28)34-32(39)29(35-31(38)22-7-4-3-5-8-22)15-21-11-13-25(14-12-21)36(40)41/h3-19H,20H2,1-2H3,(H,33,37)(H,34,39)(H,35,38)/b29-15+. The van der Waals surface area contributed by atoms with E-state index in [9.17, 15) is 24.5 Å². The molecular formula is C32H28N4O7S. The van der Waals surface area contributed by atoms with Crippen molar-refractivity contribution in [3.05, 3.63) is 124 Å². The number of nitro benzene ring substituents is 1. The first kappa shape index (κ1) is 31.3. The lowest BCUT2D eigenvalue weighted by molar-refractivity contribution is -0.384. The predicted molar refractivity (Wildman–Crippen MR) is 169 cm³/mol. The van der Waals surface area contributed by atoms with Crippen molar-refractivity contribution in [2.24, 2.45) is 0 Å². The lowest BCUT2D eigenvalue weighted by Gasteiger charge is -2.12. The maximum absolute atomic E-state index is 13.4. The molecule has 224 valence electrons. The molecule has 44 heavy (non-hydrogen) atoms. The molecule has 0 bridgehead atoms. The Hall–Kier alpha value is -5.62. The largest absolute Gasteiger partial charge is 0.497 e. The first-order chi connectivity index (χ1) is 21.2. The summed E-state index contributed by atoms with van der Waals surface area (Å²) in [5.41, 5.74) is 1.60. The number of anilines is 2. The number of nitrogens with zero attached hydrogens (tertiary/aromatic N) is 1. The molecule has 0 fully saturated rings. The normalized spacial score (nSPS) is 10.8. The van der Waals surface area contributed by atoms with Crippen LogP contribution in [0.4, 0.5) is 17.1 Å². The maximum Gasteiger partial charge on any atom is 0.272 e. The predicted octanol–water partition coefficient (Wildman–Crippen LogP) is 5.75. The molecule has 0 aliphatic carbocycles. The minimum atomic E-state index is -0.612. The fourth-order valence-electron chi connectivity index (χ4n) is 3.89. The molecule has 12 heteroatoms. The quantitative estimate of drug-likeness (QED) is 0.0792. The van der Waals surface area contributed by atoms with Crippen LogP contribution in [-0.4, -0.2) is 42.6 Å². The molecule has 0 saturated carbocycles. The zero-order chi connectivity index (χ0) is 31.5. The van der Waals surface area contributed by atoms with Crippen LogP contribution in [0.2, 0.25) is 0 Å². The van der Waals surface area contributed by atoms with E-state index in [-0.39, 0.29) is 23.0 Å². The summed E-state index contributed by atoms with van der Waals surface area (Å²) < 4.78 is 10.5. The van der Waals surface area contributed by atoms with Crippen LogP contribution >= 0.6 is 11.8 Å². The van der Waals surface area contributed by atoms with Gasteiger partial charge in [-0.25, -0.2) is 0 Å². The molecule has 0 aliphatic heterocycles. The summed E-state index contributed by atoms with van der Waals surface area (Å²) in [6, 6.07) is 25.9. The van der Waals surface area contributed by atoms with Gasteiger partial charge in [0, 0.05) is 52.2 Å². The Morgan fingerprint density at radius 3 is 2.14 bits per heavy atom. The van der Waals surface area contributed by atoms with Crippen LogP contribution in [0, 0.1) is 10.1 Å². The molecule has 0 spiro atoms. The van der Waals surface area contributed by atoms with E-state index >= 15 is 0 Å². The second-order valence-corrected chi connectivity index (χ2v) is 10.2. The molecule has 0 aromatic heterocycles. The van der Waals surface area contributed by atoms with Crippen molar-refractivity contribution in [2.45, 2.75) is 4.90 Å². The third kappa shape index (κ3) is 8.94. The van der Waals surface area contributed by atoms with Gasteiger partial charge >= 0.3 is 0 Å². The zero-order valence-electron chi connectivity index (χ0n) is 23.7. The molecule has 0 radical (unpaired) electrons. The molecule has 3 N–H and O–H groups in total. The van der Waals surface area contributed by atoms with Gasteiger partial charge in [-0.1, -0.05) is 24.3 Å². The van der Waals surface area contributed by atoms with Crippen LogP contribution in [0.1, 0.15) is 15.9 Å². The van der Waals surface area contributed by atoms with Gasteiger partial charge in [0.25, 0.3) is 17.5 Å². The van der Waals surface area contributed by atoms with Crippen LogP contribution in [0.25, 0.3) is 6.08 Å². The van der Waals surface area contributed by atoms with E-state index in [0.29, 0.717) is 34.0 Å². The number of hydrogen-bond acceptors (Lipinski definition) is 8. The minimum absolute atomic E-state index is 0.0705. The van der Waals surface area contributed by atoms with Crippen LogP contribution in [0.5, 0.6) is 11.5 Å². The van der Waals surface area contributed by atoms with Crippen molar-refractivity contribution in [3.8, 4) is 11.5 Å². The number of benzene rings is 4. The molecule has 11 nitrogen and oxygen atoms in total. The van der Waals surface area contributed by atoms with E-state index in [1.807, 2.05) is 0 Å². The summed E-state index contributed by atoms with van der Waals surface area (Å²) in [4.78, 5) is 50.1. The van der Waals surface area contributed by atoms with Crippen molar-refractivity contribution in [1.82, 2.24) is 5.32 Å². The molecular weight excluding hydrogens is 584 g/mol.